The smallest absolute Gasteiger partial charge is 0.220 e. The minimum atomic E-state index is -1.20. The van der Waals surface area contributed by atoms with E-state index in [0.717, 1.165) is 16.5 Å². The summed E-state index contributed by atoms with van der Waals surface area (Å²) >= 11 is 0. The SMILES string of the molecule is C[C@@H](Cc1c[nH]c2ccccc12)NC(=O)CCC(=O)[O-]. The highest BCUT2D eigenvalue weighted by molar-refractivity contribution is 5.83. The summed E-state index contributed by atoms with van der Waals surface area (Å²) in [6.07, 6.45) is 2.35. The molecule has 0 radical (unpaired) electrons. The zero-order chi connectivity index (χ0) is 14.5. The van der Waals surface area contributed by atoms with Gasteiger partial charge in [0, 0.05) is 35.5 Å². The lowest BCUT2D eigenvalue weighted by atomic mass is 10.1. The molecule has 5 nitrogen and oxygen atoms in total. The van der Waals surface area contributed by atoms with E-state index >= 15 is 0 Å². The summed E-state index contributed by atoms with van der Waals surface area (Å²) in [5.74, 6) is -1.47. The summed E-state index contributed by atoms with van der Waals surface area (Å²) in [6, 6.07) is 7.92. The van der Waals surface area contributed by atoms with E-state index in [1.165, 1.54) is 0 Å². The molecule has 1 heterocycles. The Bertz CT molecular complexity index is 618. The molecule has 0 aliphatic heterocycles. The molecule has 2 aromatic rings. The molecule has 2 rings (SSSR count). The number of H-pyrrole nitrogens is 1. The number of aliphatic carboxylic acids is 1. The molecule has 2 N–H and O–H groups in total. The van der Waals surface area contributed by atoms with Gasteiger partial charge in [-0.05, 0) is 31.4 Å². The molecule has 5 heteroatoms. The number of para-hydroxylation sites is 1. The van der Waals surface area contributed by atoms with Gasteiger partial charge in [0.15, 0.2) is 0 Å². The first-order chi connectivity index (χ1) is 9.56. The van der Waals surface area contributed by atoms with Crippen molar-refractivity contribution < 1.29 is 14.7 Å². The summed E-state index contributed by atoms with van der Waals surface area (Å²) < 4.78 is 0. The third kappa shape index (κ3) is 3.60. The maximum atomic E-state index is 11.5. The van der Waals surface area contributed by atoms with E-state index < -0.39 is 5.97 Å². The van der Waals surface area contributed by atoms with Gasteiger partial charge in [-0.1, -0.05) is 18.2 Å². The standard InChI is InChI=1S/C15H18N2O3/c1-10(17-14(18)6-7-15(19)20)8-11-9-16-13-5-3-2-4-12(11)13/h2-5,9-10,16H,6-8H2,1H3,(H,17,18)(H,19,20)/p-1/t10-/m0/s1. The van der Waals surface area contributed by atoms with Crippen LogP contribution >= 0.6 is 0 Å². The van der Waals surface area contributed by atoms with Crippen LogP contribution in [-0.4, -0.2) is 22.9 Å². The third-order valence-electron chi connectivity index (χ3n) is 3.16. The molecule has 0 aliphatic rings. The Balaban J connectivity index is 1.92. The average molecular weight is 273 g/mol. The molecule has 0 fully saturated rings. The first kappa shape index (κ1) is 14.1. The van der Waals surface area contributed by atoms with Crippen LogP contribution in [0.2, 0.25) is 0 Å². The monoisotopic (exact) mass is 273 g/mol. The number of hydrogen-bond acceptors (Lipinski definition) is 3. The van der Waals surface area contributed by atoms with E-state index in [-0.39, 0.29) is 24.8 Å². The van der Waals surface area contributed by atoms with Crippen LogP contribution < -0.4 is 10.4 Å². The summed E-state index contributed by atoms with van der Waals surface area (Å²) in [5, 5.41) is 14.2. The largest absolute Gasteiger partial charge is 0.550 e. The normalized spacial score (nSPS) is 12.2. The molecule has 0 unspecified atom stereocenters. The third-order valence-corrected chi connectivity index (χ3v) is 3.16. The number of carbonyl (C=O) groups excluding carboxylic acids is 2. The van der Waals surface area contributed by atoms with Crippen LogP contribution in [0.5, 0.6) is 0 Å². The molecular formula is C15H17N2O3-. The van der Waals surface area contributed by atoms with E-state index in [1.54, 1.807) is 0 Å². The van der Waals surface area contributed by atoms with Crippen molar-refractivity contribution in [1.29, 1.82) is 0 Å². The molecule has 1 amide bonds. The molecule has 0 aliphatic carbocycles. The number of nitrogens with one attached hydrogen (secondary N) is 2. The highest BCUT2D eigenvalue weighted by Gasteiger charge is 2.10. The highest BCUT2D eigenvalue weighted by atomic mass is 16.4. The van der Waals surface area contributed by atoms with E-state index in [9.17, 15) is 14.7 Å². The Kier molecular flexibility index (Phi) is 4.40. The van der Waals surface area contributed by atoms with Gasteiger partial charge < -0.3 is 20.2 Å². The summed E-state index contributed by atoms with van der Waals surface area (Å²) in [5.41, 5.74) is 2.20. The Morgan fingerprint density at radius 1 is 1.30 bits per heavy atom. The van der Waals surface area contributed by atoms with E-state index in [1.807, 2.05) is 37.4 Å². The van der Waals surface area contributed by atoms with Crippen molar-refractivity contribution in [2.75, 3.05) is 0 Å². The molecule has 1 atom stereocenters. The second-order valence-corrected chi connectivity index (χ2v) is 4.90. The summed E-state index contributed by atoms with van der Waals surface area (Å²) in [4.78, 5) is 25.0. The molecule has 0 bridgehead atoms. The van der Waals surface area contributed by atoms with Crippen LogP contribution in [0.1, 0.15) is 25.3 Å². The van der Waals surface area contributed by atoms with E-state index in [0.29, 0.717) is 6.42 Å². The Morgan fingerprint density at radius 3 is 2.80 bits per heavy atom. The Labute approximate surface area is 117 Å². The maximum absolute atomic E-state index is 11.5. The fourth-order valence-electron chi connectivity index (χ4n) is 2.24. The molecule has 1 aromatic carbocycles. The van der Waals surface area contributed by atoms with Gasteiger partial charge in [0.1, 0.15) is 0 Å². The van der Waals surface area contributed by atoms with Crippen molar-refractivity contribution in [3.63, 3.8) is 0 Å². The fraction of sp³-hybridized carbons (Fsp3) is 0.333. The minimum Gasteiger partial charge on any atom is -0.550 e. The number of rotatable bonds is 6. The molecule has 0 saturated carbocycles. The van der Waals surface area contributed by atoms with E-state index in [4.69, 9.17) is 0 Å². The second-order valence-electron chi connectivity index (χ2n) is 4.90. The number of benzene rings is 1. The Morgan fingerprint density at radius 2 is 2.05 bits per heavy atom. The van der Waals surface area contributed by atoms with Crippen molar-refractivity contribution in [3.8, 4) is 0 Å². The van der Waals surface area contributed by atoms with Gasteiger partial charge in [0.05, 0.1) is 0 Å². The van der Waals surface area contributed by atoms with Crippen LogP contribution in [0.4, 0.5) is 0 Å². The number of aromatic amines is 1. The number of carbonyl (C=O) groups is 2. The van der Waals surface area contributed by atoms with Crippen LogP contribution in [-0.2, 0) is 16.0 Å². The second kappa shape index (κ2) is 6.23. The first-order valence-electron chi connectivity index (χ1n) is 6.60. The minimum absolute atomic E-state index is 0.0411. The summed E-state index contributed by atoms with van der Waals surface area (Å²) in [6.45, 7) is 1.90. The molecule has 20 heavy (non-hydrogen) atoms. The average Bonchev–Trinajstić information content (AvgIpc) is 2.80. The lowest BCUT2D eigenvalue weighted by molar-refractivity contribution is -0.305. The van der Waals surface area contributed by atoms with Crippen LogP contribution in [0.25, 0.3) is 10.9 Å². The lowest BCUT2D eigenvalue weighted by Gasteiger charge is -2.13. The number of carboxylic acid groups (broad SMARTS) is 1. The molecule has 0 spiro atoms. The quantitative estimate of drug-likeness (QED) is 0.814. The number of aromatic nitrogens is 1. The number of amides is 1. The zero-order valence-electron chi connectivity index (χ0n) is 11.3. The van der Waals surface area contributed by atoms with Gasteiger partial charge in [0.2, 0.25) is 5.91 Å². The number of carboxylic acids is 1. The fourth-order valence-corrected chi connectivity index (χ4v) is 2.24. The van der Waals surface area contributed by atoms with Gasteiger partial charge in [-0.3, -0.25) is 4.79 Å². The molecular weight excluding hydrogens is 256 g/mol. The predicted octanol–water partition coefficient (Wildman–Crippen LogP) is 0.745. The van der Waals surface area contributed by atoms with Crippen molar-refractivity contribution in [3.05, 3.63) is 36.0 Å². The summed E-state index contributed by atoms with van der Waals surface area (Å²) in [7, 11) is 0. The lowest BCUT2D eigenvalue weighted by Crippen LogP contribution is -2.35. The highest BCUT2D eigenvalue weighted by Crippen LogP contribution is 2.18. The maximum Gasteiger partial charge on any atom is 0.220 e. The van der Waals surface area contributed by atoms with Crippen molar-refractivity contribution in [1.82, 2.24) is 10.3 Å². The molecule has 106 valence electrons. The number of fused-ring (bicyclic) bond motifs is 1. The molecule has 1 aromatic heterocycles. The van der Waals surface area contributed by atoms with Gasteiger partial charge >= 0.3 is 0 Å². The van der Waals surface area contributed by atoms with Crippen LogP contribution in [0, 0.1) is 0 Å². The van der Waals surface area contributed by atoms with Crippen molar-refractivity contribution >= 4 is 22.8 Å². The van der Waals surface area contributed by atoms with Crippen LogP contribution in [0.15, 0.2) is 30.5 Å². The topological polar surface area (TPSA) is 85.0 Å². The van der Waals surface area contributed by atoms with Crippen LogP contribution in [0.3, 0.4) is 0 Å². The van der Waals surface area contributed by atoms with Gasteiger partial charge in [-0.15, -0.1) is 0 Å². The van der Waals surface area contributed by atoms with Gasteiger partial charge in [-0.25, -0.2) is 0 Å². The first-order valence-corrected chi connectivity index (χ1v) is 6.60. The Hall–Kier alpha value is -2.30. The number of hydrogen-bond donors (Lipinski definition) is 2. The van der Waals surface area contributed by atoms with Crippen molar-refractivity contribution in [2.45, 2.75) is 32.2 Å². The zero-order valence-corrected chi connectivity index (χ0v) is 11.3. The van der Waals surface area contributed by atoms with Crippen molar-refractivity contribution in [2.24, 2.45) is 0 Å². The molecule has 0 saturated heterocycles. The van der Waals surface area contributed by atoms with E-state index in [2.05, 4.69) is 10.3 Å². The predicted molar refractivity (Wildman–Crippen MR) is 73.8 cm³/mol. The van der Waals surface area contributed by atoms with Gasteiger partial charge in [0.25, 0.3) is 0 Å². The van der Waals surface area contributed by atoms with Gasteiger partial charge in [-0.2, -0.15) is 0 Å².